The lowest BCUT2D eigenvalue weighted by Gasteiger charge is -2.30. The van der Waals surface area contributed by atoms with Crippen LogP contribution >= 0.6 is 11.8 Å². The summed E-state index contributed by atoms with van der Waals surface area (Å²) in [5, 5.41) is 9.03. The monoisotopic (exact) mass is 341 g/mol. The number of amides is 1. The van der Waals surface area contributed by atoms with E-state index in [4.69, 9.17) is 5.11 Å². The van der Waals surface area contributed by atoms with E-state index in [1.165, 1.54) is 16.7 Å². The molecule has 0 spiro atoms. The van der Waals surface area contributed by atoms with Gasteiger partial charge in [0.2, 0.25) is 5.91 Å². The van der Waals surface area contributed by atoms with E-state index >= 15 is 0 Å². The lowest BCUT2D eigenvalue weighted by Crippen LogP contribution is -2.40. The second-order valence-corrected chi connectivity index (χ2v) is 7.54. The Balaban J connectivity index is 1.55. The maximum absolute atomic E-state index is 12.7. The van der Waals surface area contributed by atoms with Crippen molar-refractivity contribution in [1.82, 2.24) is 4.90 Å². The summed E-state index contributed by atoms with van der Waals surface area (Å²) in [6.45, 7) is 3.60. The van der Waals surface area contributed by atoms with E-state index in [1.807, 2.05) is 42.2 Å². The molecule has 2 aromatic carbocycles. The molecule has 3 nitrogen and oxygen atoms in total. The van der Waals surface area contributed by atoms with Crippen molar-refractivity contribution in [1.29, 1.82) is 0 Å². The Morgan fingerprint density at radius 2 is 1.79 bits per heavy atom. The fourth-order valence-corrected chi connectivity index (χ4v) is 3.90. The predicted octanol–water partition coefficient (Wildman–Crippen LogP) is 3.39. The Kier molecular flexibility index (Phi) is 5.59. The Morgan fingerprint density at radius 3 is 2.50 bits per heavy atom. The zero-order valence-corrected chi connectivity index (χ0v) is 14.8. The van der Waals surface area contributed by atoms with Crippen LogP contribution < -0.4 is 0 Å². The average Bonchev–Trinajstić information content (AvgIpc) is 2.65. The van der Waals surface area contributed by atoms with Crippen LogP contribution in [0.4, 0.5) is 0 Å². The molecule has 1 atom stereocenters. The van der Waals surface area contributed by atoms with Crippen molar-refractivity contribution in [3.8, 4) is 0 Å². The number of carbonyl (C=O) groups excluding carboxylic acids is 1. The smallest absolute Gasteiger partial charge is 0.235 e. The molecule has 24 heavy (non-hydrogen) atoms. The molecule has 1 amide bonds. The normalized spacial score (nSPS) is 15.0. The largest absolute Gasteiger partial charge is 0.392 e. The first-order chi connectivity index (χ1) is 11.7. The van der Waals surface area contributed by atoms with E-state index < -0.39 is 0 Å². The van der Waals surface area contributed by atoms with E-state index in [-0.39, 0.29) is 17.8 Å². The number of aliphatic hydroxyl groups excluding tert-OH is 1. The van der Waals surface area contributed by atoms with Gasteiger partial charge in [-0.05, 0) is 35.6 Å². The van der Waals surface area contributed by atoms with Crippen LogP contribution in [-0.4, -0.2) is 27.7 Å². The van der Waals surface area contributed by atoms with Gasteiger partial charge in [0.25, 0.3) is 0 Å². The van der Waals surface area contributed by atoms with Gasteiger partial charge in [-0.15, -0.1) is 11.8 Å². The number of hydrogen-bond acceptors (Lipinski definition) is 3. The molecule has 0 saturated carbocycles. The highest BCUT2D eigenvalue weighted by Crippen LogP contribution is 2.24. The molecule has 4 heteroatoms. The number of hydrogen-bond donors (Lipinski definition) is 1. The van der Waals surface area contributed by atoms with Crippen molar-refractivity contribution in [2.75, 3.05) is 6.54 Å². The van der Waals surface area contributed by atoms with Crippen molar-refractivity contribution in [2.45, 2.75) is 37.5 Å². The molecular formula is C20H23NO2S. The third-order valence-electron chi connectivity index (χ3n) is 4.50. The highest BCUT2D eigenvalue weighted by atomic mass is 32.2. The average molecular weight is 341 g/mol. The van der Waals surface area contributed by atoms with Gasteiger partial charge in [0, 0.05) is 18.8 Å². The zero-order chi connectivity index (χ0) is 16.9. The molecular weight excluding hydrogens is 318 g/mol. The molecule has 0 bridgehead atoms. The van der Waals surface area contributed by atoms with Crippen LogP contribution in [0.1, 0.15) is 29.2 Å². The van der Waals surface area contributed by atoms with Gasteiger partial charge in [0.1, 0.15) is 0 Å². The fourth-order valence-electron chi connectivity index (χ4n) is 2.97. The van der Waals surface area contributed by atoms with E-state index in [0.29, 0.717) is 0 Å². The van der Waals surface area contributed by atoms with E-state index in [0.717, 1.165) is 30.8 Å². The minimum absolute atomic E-state index is 0.0484. The summed E-state index contributed by atoms with van der Waals surface area (Å²) in [5.41, 5.74) is 4.74. The predicted molar refractivity (Wildman–Crippen MR) is 98.7 cm³/mol. The lowest BCUT2D eigenvalue weighted by molar-refractivity contribution is -0.131. The summed E-state index contributed by atoms with van der Waals surface area (Å²) in [4.78, 5) is 14.7. The summed E-state index contributed by atoms with van der Waals surface area (Å²) in [6.07, 6.45) is 0.946. The topological polar surface area (TPSA) is 40.5 Å². The Bertz CT molecular complexity index is 699. The van der Waals surface area contributed by atoms with Crippen molar-refractivity contribution in [2.24, 2.45) is 0 Å². The van der Waals surface area contributed by atoms with Crippen molar-refractivity contribution in [3.05, 3.63) is 70.8 Å². The molecule has 1 N–H and O–H groups in total. The molecule has 1 unspecified atom stereocenters. The van der Waals surface area contributed by atoms with E-state index in [1.54, 1.807) is 11.8 Å². The van der Waals surface area contributed by atoms with Crippen molar-refractivity contribution in [3.63, 3.8) is 0 Å². The SMILES string of the molecule is CC(SCc1ccc(CO)cc1)C(=O)N1CCc2ccccc2C1. The van der Waals surface area contributed by atoms with Crippen molar-refractivity contribution >= 4 is 17.7 Å². The van der Waals surface area contributed by atoms with Crippen LogP contribution in [0, 0.1) is 0 Å². The number of nitrogens with zero attached hydrogens (tertiary/aromatic N) is 1. The zero-order valence-electron chi connectivity index (χ0n) is 13.9. The highest BCUT2D eigenvalue weighted by molar-refractivity contribution is 7.99. The summed E-state index contributed by atoms with van der Waals surface area (Å²) < 4.78 is 0. The number of rotatable bonds is 5. The second-order valence-electron chi connectivity index (χ2n) is 6.21. The molecule has 0 radical (unpaired) electrons. The van der Waals surface area contributed by atoms with Gasteiger partial charge >= 0.3 is 0 Å². The first-order valence-electron chi connectivity index (χ1n) is 8.33. The summed E-state index contributed by atoms with van der Waals surface area (Å²) >= 11 is 1.67. The second kappa shape index (κ2) is 7.86. The van der Waals surface area contributed by atoms with E-state index in [9.17, 15) is 4.79 Å². The van der Waals surface area contributed by atoms with E-state index in [2.05, 4.69) is 18.2 Å². The molecule has 126 valence electrons. The number of benzene rings is 2. The first-order valence-corrected chi connectivity index (χ1v) is 9.38. The third-order valence-corrected chi connectivity index (χ3v) is 5.70. The standard InChI is InChI=1S/C20H23NO2S/c1-15(24-14-17-8-6-16(13-22)7-9-17)20(23)21-11-10-18-4-2-3-5-19(18)12-21/h2-9,15,22H,10-14H2,1H3. The minimum Gasteiger partial charge on any atom is -0.392 e. The third kappa shape index (κ3) is 4.00. The molecule has 0 aliphatic carbocycles. The van der Waals surface area contributed by atoms with Gasteiger partial charge in [-0.25, -0.2) is 0 Å². The molecule has 1 heterocycles. The number of carbonyl (C=O) groups is 1. The molecule has 0 saturated heterocycles. The van der Waals surface area contributed by atoms with Gasteiger partial charge in [0.05, 0.1) is 11.9 Å². The number of thioether (sulfide) groups is 1. The molecule has 1 aliphatic rings. The fraction of sp³-hybridized carbons (Fsp3) is 0.350. The quantitative estimate of drug-likeness (QED) is 0.906. The number of aliphatic hydroxyl groups is 1. The summed E-state index contributed by atoms with van der Waals surface area (Å²) in [5.74, 6) is 1.03. The van der Waals surface area contributed by atoms with Gasteiger partial charge in [-0.2, -0.15) is 0 Å². The van der Waals surface area contributed by atoms with Crippen LogP contribution in [0.25, 0.3) is 0 Å². The molecule has 0 fully saturated rings. The molecule has 0 aromatic heterocycles. The van der Waals surface area contributed by atoms with Crippen LogP contribution in [-0.2, 0) is 30.1 Å². The van der Waals surface area contributed by atoms with Gasteiger partial charge < -0.3 is 10.0 Å². The first kappa shape index (κ1) is 17.1. The highest BCUT2D eigenvalue weighted by Gasteiger charge is 2.24. The Labute approximate surface area is 147 Å². The lowest BCUT2D eigenvalue weighted by atomic mass is 10.00. The maximum Gasteiger partial charge on any atom is 0.235 e. The Morgan fingerprint density at radius 1 is 1.12 bits per heavy atom. The molecule has 2 aromatic rings. The summed E-state index contributed by atoms with van der Waals surface area (Å²) in [6, 6.07) is 16.3. The number of fused-ring (bicyclic) bond motifs is 1. The van der Waals surface area contributed by atoms with Crippen LogP contribution in [0.2, 0.25) is 0 Å². The maximum atomic E-state index is 12.7. The van der Waals surface area contributed by atoms with Crippen molar-refractivity contribution < 1.29 is 9.90 Å². The Hall–Kier alpha value is -1.78. The van der Waals surface area contributed by atoms with Crippen LogP contribution in [0.15, 0.2) is 48.5 Å². The van der Waals surface area contributed by atoms with Crippen LogP contribution in [0.5, 0.6) is 0 Å². The molecule has 1 aliphatic heterocycles. The molecule has 3 rings (SSSR count). The summed E-state index contributed by atoms with van der Waals surface area (Å²) in [7, 11) is 0. The van der Waals surface area contributed by atoms with Gasteiger partial charge in [-0.3, -0.25) is 4.79 Å². The van der Waals surface area contributed by atoms with Gasteiger partial charge in [0.15, 0.2) is 0 Å². The van der Waals surface area contributed by atoms with Crippen LogP contribution in [0.3, 0.4) is 0 Å². The minimum atomic E-state index is -0.0484. The van der Waals surface area contributed by atoms with Gasteiger partial charge in [-0.1, -0.05) is 48.5 Å².